The molecule has 1 atom stereocenters. The molecule has 2 aromatic heterocycles. The lowest BCUT2D eigenvalue weighted by molar-refractivity contribution is 0.765. The quantitative estimate of drug-likeness (QED) is 0.704. The van der Waals surface area contributed by atoms with E-state index in [0.29, 0.717) is 6.04 Å². The molecule has 124 valence electrons. The van der Waals surface area contributed by atoms with Gasteiger partial charge in [-0.25, -0.2) is 15.0 Å². The first-order valence-corrected chi connectivity index (χ1v) is 8.64. The van der Waals surface area contributed by atoms with Crippen molar-refractivity contribution in [3.63, 3.8) is 0 Å². The number of anilines is 1. The van der Waals surface area contributed by atoms with Gasteiger partial charge in [-0.1, -0.05) is 6.07 Å². The molecule has 1 saturated carbocycles. The third kappa shape index (κ3) is 2.73. The topological polar surface area (TPSA) is 55.6 Å². The van der Waals surface area contributed by atoms with Crippen LogP contribution in [0.2, 0.25) is 5.28 Å². The van der Waals surface area contributed by atoms with Gasteiger partial charge in [-0.3, -0.25) is 0 Å². The van der Waals surface area contributed by atoms with Gasteiger partial charge in [0.2, 0.25) is 5.28 Å². The third-order valence-corrected chi connectivity index (χ3v) is 4.92. The molecule has 1 N–H and O–H groups in total. The Morgan fingerprint density at radius 2 is 2.04 bits per heavy atom. The van der Waals surface area contributed by atoms with E-state index in [9.17, 15) is 0 Å². The van der Waals surface area contributed by atoms with Crippen LogP contribution in [0.15, 0.2) is 24.5 Å². The molecule has 0 radical (unpaired) electrons. The minimum absolute atomic E-state index is 0.101. The number of imidazole rings is 1. The molecule has 1 aliphatic rings. The van der Waals surface area contributed by atoms with Crippen LogP contribution in [-0.4, -0.2) is 19.5 Å². The Morgan fingerprint density at radius 3 is 2.79 bits per heavy atom. The molecule has 1 aromatic carbocycles. The van der Waals surface area contributed by atoms with Crippen molar-refractivity contribution in [2.24, 2.45) is 0 Å². The van der Waals surface area contributed by atoms with Crippen LogP contribution in [-0.2, 0) is 0 Å². The Balaban J connectivity index is 1.62. The fraction of sp³-hybridized carbons (Fsp3) is 0.389. The number of nitrogens with one attached hydrogen (secondary N) is 1. The molecule has 0 spiro atoms. The molecule has 2 heterocycles. The normalized spacial score (nSPS) is 15.7. The van der Waals surface area contributed by atoms with Crippen molar-refractivity contribution in [3.8, 4) is 0 Å². The molecular formula is C18H20ClN5. The van der Waals surface area contributed by atoms with Gasteiger partial charge in [-0.05, 0) is 62.9 Å². The highest BCUT2D eigenvalue weighted by Crippen LogP contribution is 2.37. The lowest BCUT2D eigenvalue weighted by Crippen LogP contribution is -2.10. The number of hydrogen-bond donors (Lipinski definition) is 1. The van der Waals surface area contributed by atoms with Gasteiger partial charge in [0.1, 0.15) is 5.82 Å². The van der Waals surface area contributed by atoms with Crippen LogP contribution in [0, 0.1) is 13.8 Å². The molecular weight excluding hydrogens is 322 g/mol. The van der Waals surface area contributed by atoms with Gasteiger partial charge in [0, 0.05) is 17.3 Å². The molecule has 0 saturated heterocycles. The number of aryl methyl sites for hydroxylation is 1. The van der Waals surface area contributed by atoms with Crippen molar-refractivity contribution in [3.05, 3.63) is 46.6 Å². The number of halogens is 1. The van der Waals surface area contributed by atoms with Crippen molar-refractivity contribution in [1.82, 2.24) is 19.5 Å². The number of aromatic nitrogens is 4. The molecule has 3 aromatic rings. The molecule has 6 heteroatoms. The Hall–Kier alpha value is -2.14. The standard InChI is InChI=1S/C18H20ClN5/c1-10-11(2)22-18(19)23-17(10)21-12(3)13-4-7-16-15(8-13)20-9-24(16)14-5-6-14/h4,7-9,12,14H,5-6H2,1-3H3,(H,21,22,23)/t12-/m0/s1. The fourth-order valence-corrected chi connectivity index (χ4v) is 3.20. The summed E-state index contributed by atoms with van der Waals surface area (Å²) >= 11 is 5.99. The van der Waals surface area contributed by atoms with E-state index in [1.165, 1.54) is 23.9 Å². The monoisotopic (exact) mass is 341 g/mol. The van der Waals surface area contributed by atoms with Crippen LogP contribution >= 0.6 is 11.6 Å². The summed E-state index contributed by atoms with van der Waals surface area (Å²) < 4.78 is 2.29. The maximum Gasteiger partial charge on any atom is 0.224 e. The first-order valence-electron chi connectivity index (χ1n) is 8.26. The van der Waals surface area contributed by atoms with Gasteiger partial charge < -0.3 is 9.88 Å². The van der Waals surface area contributed by atoms with Gasteiger partial charge in [0.25, 0.3) is 0 Å². The second-order valence-electron chi connectivity index (χ2n) is 6.55. The molecule has 0 aliphatic heterocycles. The number of nitrogens with zero attached hydrogens (tertiary/aromatic N) is 4. The average Bonchev–Trinajstić information content (AvgIpc) is 3.31. The van der Waals surface area contributed by atoms with Crippen LogP contribution in [0.3, 0.4) is 0 Å². The van der Waals surface area contributed by atoms with E-state index in [1.807, 2.05) is 20.2 Å². The lowest BCUT2D eigenvalue weighted by atomic mass is 10.1. The zero-order valence-corrected chi connectivity index (χ0v) is 14.8. The summed E-state index contributed by atoms with van der Waals surface area (Å²) in [5.41, 5.74) is 5.34. The Kier molecular flexibility index (Phi) is 3.68. The first kappa shape index (κ1) is 15.4. The number of fused-ring (bicyclic) bond motifs is 1. The highest BCUT2D eigenvalue weighted by atomic mass is 35.5. The van der Waals surface area contributed by atoms with Crippen molar-refractivity contribution >= 4 is 28.5 Å². The summed E-state index contributed by atoms with van der Waals surface area (Å²) in [6.07, 6.45) is 4.48. The van der Waals surface area contributed by atoms with Crippen LogP contribution in [0.1, 0.15) is 48.7 Å². The summed E-state index contributed by atoms with van der Waals surface area (Å²) in [5, 5.41) is 3.71. The Morgan fingerprint density at radius 1 is 1.25 bits per heavy atom. The Bertz CT molecular complexity index is 913. The van der Waals surface area contributed by atoms with Crippen molar-refractivity contribution in [2.45, 2.75) is 45.7 Å². The second-order valence-corrected chi connectivity index (χ2v) is 6.89. The SMILES string of the molecule is Cc1nc(Cl)nc(N[C@@H](C)c2ccc3c(c2)ncn3C2CC2)c1C. The second kappa shape index (κ2) is 5.74. The van der Waals surface area contributed by atoms with Crippen molar-refractivity contribution in [2.75, 3.05) is 5.32 Å². The summed E-state index contributed by atoms with van der Waals surface area (Å²) in [7, 11) is 0. The Labute approximate surface area is 146 Å². The molecule has 0 unspecified atom stereocenters. The zero-order valence-electron chi connectivity index (χ0n) is 14.0. The van der Waals surface area contributed by atoms with Gasteiger partial charge in [-0.2, -0.15) is 0 Å². The predicted octanol–water partition coefficient (Wildman–Crippen LogP) is 4.60. The molecule has 24 heavy (non-hydrogen) atoms. The van der Waals surface area contributed by atoms with E-state index in [1.54, 1.807) is 0 Å². The van der Waals surface area contributed by atoms with E-state index in [2.05, 4.69) is 50.0 Å². The van der Waals surface area contributed by atoms with Crippen LogP contribution < -0.4 is 5.32 Å². The van der Waals surface area contributed by atoms with E-state index < -0.39 is 0 Å². The van der Waals surface area contributed by atoms with E-state index >= 15 is 0 Å². The molecule has 1 aliphatic carbocycles. The summed E-state index contributed by atoms with van der Waals surface area (Å²) in [4.78, 5) is 13.1. The largest absolute Gasteiger partial charge is 0.363 e. The lowest BCUT2D eigenvalue weighted by Gasteiger charge is -2.17. The number of rotatable bonds is 4. The summed E-state index contributed by atoms with van der Waals surface area (Å²) in [6, 6.07) is 7.22. The van der Waals surface area contributed by atoms with Gasteiger partial charge in [0.05, 0.1) is 23.4 Å². The fourth-order valence-electron chi connectivity index (χ4n) is 2.99. The maximum absolute atomic E-state index is 5.99. The summed E-state index contributed by atoms with van der Waals surface area (Å²) in [5.74, 6) is 0.781. The zero-order chi connectivity index (χ0) is 16.8. The average molecular weight is 342 g/mol. The van der Waals surface area contributed by atoms with Crippen molar-refractivity contribution < 1.29 is 0 Å². The minimum atomic E-state index is 0.101. The van der Waals surface area contributed by atoms with Crippen LogP contribution in [0.5, 0.6) is 0 Å². The van der Waals surface area contributed by atoms with E-state index in [0.717, 1.165) is 22.6 Å². The molecule has 5 nitrogen and oxygen atoms in total. The minimum Gasteiger partial charge on any atom is -0.363 e. The van der Waals surface area contributed by atoms with Gasteiger partial charge in [-0.15, -0.1) is 0 Å². The van der Waals surface area contributed by atoms with Gasteiger partial charge >= 0.3 is 0 Å². The van der Waals surface area contributed by atoms with Crippen molar-refractivity contribution in [1.29, 1.82) is 0 Å². The van der Waals surface area contributed by atoms with Crippen LogP contribution in [0.25, 0.3) is 11.0 Å². The van der Waals surface area contributed by atoms with E-state index in [-0.39, 0.29) is 11.3 Å². The third-order valence-electron chi connectivity index (χ3n) is 4.75. The summed E-state index contributed by atoms with van der Waals surface area (Å²) in [6.45, 7) is 6.06. The van der Waals surface area contributed by atoms with Gasteiger partial charge in [0.15, 0.2) is 0 Å². The molecule has 4 rings (SSSR count). The number of hydrogen-bond acceptors (Lipinski definition) is 4. The highest BCUT2D eigenvalue weighted by molar-refractivity contribution is 6.28. The number of benzene rings is 1. The van der Waals surface area contributed by atoms with Crippen LogP contribution in [0.4, 0.5) is 5.82 Å². The predicted molar refractivity (Wildman–Crippen MR) is 96.6 cm³/mol. The smallest absolute Gasteiger partial charge is 0.224 e. The molecule has 1 fully saturated rings. The first-order chi connectivity index (χ1) is 11.5. The molecule has 0 amide bonds. The molecule has 0 bridgehead atoms. The maximum atomic E-state index is 5.99. The van der Waals surface area contributed by atoms with E-state index in [4.69, 9.17) is 11.6 Å². The highest BCUT2D eigenvalue weighted by Gasteiger charge is 2.25.